The van der Waals surface area contributed by atoms with Gasteiger partial charge in [0.05, 0.1) is 16.5 Å². The summed E-state index contributed by atoms with van der Waals surface area (Å²) in [7, 11) is 0.261. The Labute approximate surface area is 96.1 Å². The molecule has 1 fully saturated rings. The fourth-order valence-corrected chi connectivity index (χ4v) is 3.11. The van der Waals surface area contributed by atoms with E-state index in [4.69, 9.17) is 5.73 Å². The van der Waals surface area contributed by atoms with Gasteiger partial charge in [-0.15, -0.1) is 0 Å². The van der Waals surface area contributed by atoms with Crippen molar-refractivity contribution in [1.82, 2.24) is 9.88 Å². The number of carbonyl (C=O) groups excluding carboxylic acids is 1. The van der Waals surface area contributed by atoms with Crippen LogP contribution in [0.3, 0.4) is 0 Å². The van der Waals surface area contributed by atoms with E-state index in [1.807, 2.05) is 0 Å². The summed E-state index contributed by atoms with van der Waals surface area (Å²) in [6, 6.07) is 3.32. The molecule has 1 saturated heterocycles. The number of hydrogen-bond donors (Lipinski definition) is 1. The Kier molecular flexibility index (Phi) is 2.91. The summed E-state index contributed by atoms with van der Waals surface area (Å²) in [4.78, 5) is 17.3. The van der Waals surface area contributed by atoms with Crippen LogP contribution < -0.4 is 5.73 Å². The number of carbonyl (C=O) groups is 1. The van der Waals surface area contributed by atoms with E-state index in [0.29, 0.717) is 23.7 Å². The first kappa shape index (κ1) is 11.1. The third-order valence-electron chi connectivity index (χ3n) is 2.63. The normalized spacial score (nSPS) is 22.4. The number of nitrogens with two attached hydrogens (primary N) is 1. The number of hydrogen-bond acceptors (Lipinski definition) is 4. The Morgan fingerprint density at radius 3 is 2.94 bits per heavy atom. The molecule has 2 rings (SSSR count). The van der Waals surface area contributed by atoms with Crippen LogP contribution >= 0.6 is 0 Å². The lowest BCUT2D eigenvalue weighted by atomic mass is 10.4. The minimum atomic E-state index is -1.45. The van der Waals surface area contributed by atoms with Gasteiger partial charge in [0.25, 0.3) is 0 Å². The van der Waals surface area contributed by atoms with Gasteiger partial charge in [-0.2, -0.15) is 0 Å². The molecule has 0 aliphatic carbocycles. The Hall–Kier alpha value is -1.43. The summed E-state index contributed by atoms with van der Waals surface area (Å²) in [5.41, 5.74) is 6.07. The number of anilines is 1. The van der Waals surface area contributed by atoms with Crippen molar-refractivity contribution in [3.63, 3.8) is 0 Å². The lowest BCUT2D eigenvalue weighted by Crippen LogP contribution is -2.29. The molecule has 0 radical (unpaired) electrons. The zero-order valence-corrected chi connectivity index (χ0v) is 9.74. The smallest absolute Gasteiger partial charge is 0.238 e. The van der Waals surface area contributed by atoms with E-state index in [1.165, 1.54) is 6.20 Å². The van der Waals surface area contributed by atoms with Crippen molar-refractivity contribution in [3.8, 4) is 0 Å². The molecule has 2 N–H and O–H groups in total. The van der Waals surface area contributed by atoms with Crippen molar-refractivity contribution in [2.75, 3.05) is 19.3 Å². The summed E-state index contributed by atoms with van der Waals surface area (Å²) >= 11 is 0. The molecule has 1 amide bonds. The van der Waals surface area contributed by atoms with Crippen LogP contribution in [0.4, 0.5) is 5.69 Å². The second-order valence-electron chi connectivity index (χ2n) is 3.73. The molecule has 0 saturated carbocycles. The van der Waals surface area contributed by atoms with E-state index >= 15 is 0 Å². The van der Waals surface area contributed by atoms with Crippen molar-refractivity contribution in [3.05, 3.63) is 18.3 Å². The van der Waals surface area contributed by atoms with Gasteiger partial charge in [-0.1, -0.05) is 0 Å². The average molecular weight is 239 g/mol. The van der Waals surface area contributed by atoms with Crippen molar-refractivity contribution >= 4 is 22.4 Å². The molecule has 0 aromatic carbocycles. The molecular formula is C10H13N3O2S. The molecule has 16 heavy (non-hydrogen) atoms. The van der Waals surface area contributed by atoms with E-state index in [9.17, 15) is 9.00 Å². The second kappa shape index (κ2) is 4.21. The standard InChI is InChI=1S/C10H13N3O2S/c1-13-6-4-8(10(13)14)16(15)9-7(11)3-2-5-12-9/h2-3,5,8H,4,6,11H2,1H3. The van der Waals surface area contributed by atoms with Crippen LogP contribution in [0.5, 0.6) is 0 Å². The average Bonchev–Trinajstić information content (AvgIpc) is 2.60. The Morgan fingerprint density at radius 1 is 1.62 bits per heavy atom. The maximum atomic E-state index is 12.1. The number of likely N-dealkylation sites (tertiary alicyclic amines) is 1. The van der Waals surface area contributed by atoms with Gasteiger partial charge in [-0.25, -0.2) is 4.98 Å². The van der Waals surface area contributed by atoms with Gasteiger partial charge in [-0.05, 0) is 18.6 Å². The highest BCUT2D eigenvalue weighted by molar-refractivity contribution is 7.86. The molecule has 86 valence electrons. The van der Waals surface area contributed by atoms with Crippen molar-refractivity contribution < 1.29 is 9.00 Å². The Balaban J connectivity index is 2.27. The minimum Gasteiger partial charge on any atom is -0.396 e. The van der Waals surface area contributed by atoms with Crippen LogP contribution in [0.2, 0.25) is 0 Å². The third kappa shape index (κ3) is 1.80. The minimum absolute atomic E-state index is 0.0941. The molecule has 5 nitrogen and oxygen atoms in total. The van der Waals surface area contributed by atoms with E-state index in [0.717, 1.165) is 0 Å². The van der Waals surface area contributed by atoms with Gasteiger partial charge in [0.1, 0.15) is 5.25 Å². The first-order valence-corrected chi connectivity index (χ1v) is 6.18. The van der Waals surface area contributed by atoms with Gasteiger partial charge < -0.3 is 10.6 Å². The molecule has 2 atom stereocenters. The number of nitrogen functional groups attached to an aromatic ring is 1. The highest BCUT2D eigenvalue weighted by Crippen LogP contribution is 2.22. The van der Waals surface area contributed by atoms with Crippen molar-refractivity contribution in [2.45, 2.75) is 16.7 Å². The Morgan fingerprint density at radius 2 is 2.38 bits per heavy atom. The van der Waals surface area contributed by atoms with Crippen LogP contribution in [0, 0.1) is 0 Å². The van der Waals surface area contributed by atoms with E-state index in [2.05, 4.69) is 4.98 Å². The maximum Gasteiger partial charge on any atom is 0.238 e. The molecular weight excluding hydrogens is 226 g/mol. The van der Waals surface area contributed by atoms with Gasteiger partial charge in [-0.3, -0.25) is 9.00 Å². The lowest BCUT2D eigenvalue weighted by molar-refractivity contribution is -0.126. The number of pyridine rings is 1. The summed E-state index contributed by atoms with van der Waals surface area (Å²) in [6.45, 7) is 0.641. The molecule has 0 spiro atoms. The number of aromatic nitrogens is 1. The van der Waals surface area contributed by atoms with E-state index in [1.54, 1.807) is 24.1 Å². The van der Waals surface area contributed by atoms with Gasteiger partial charge in [0, 0.05) is 19.8 Å². The number of amides is 1. The zero-order valence-electron chi connectivity index (χ0n) is 8.92. The fraction of sp³-hybridized carbons (Fsp3) is 0.400. The largest absolute Gasteiger partial charge is 0.396 e. The van der Waals surface area contributed by atoms with Crippen LogP contribution in [-0.4, -0.2) is 38.8 Å². The molecule has 1 aliphatic heterocycles. The van der Waals surface area contributed by atoms with Crippen LogP contribution in [0.15, 0.2) is 23.4 Å². The lowest BCUT2D eigenvalue weighted by Gasteiger charge is -2.10. The number of rotatable bonds is 2. The van der Waals surface area contributed by atoms with Crippen molar-refractivity contribution in [2.24, 2.45) is 0 Å². The summed E-state index contributed by atoms with van der Waals surface area (Å²) in [5, 5.41) is -0.182. The second-order valence-corrected chi connectivity index (χ2v) is 5.28. The Bertz CT molecular complexity index is 449. The summed E-state index contributed by atoms with van der Waals surface area (Å²) in [5.74, 6) is -0.0941. The van der Waals surface area contributed by atoms with Crippen LogP contribution in [0.25, 0.3) is 0 Å². The molecule has 2 unspecified atom stereocenters. The van der Waals surface area contributed by atoms with Gasteiger partial charge in [0.15, 0.2) is 5.03 Å². The van der Waals surface area contributed by atoms with Crippen LogP contribution in [-0.2, 0) is 15.6 Å². The zero-order chi connectivity index (χ0) is 11.7. The maximum absolute atomic E-state index is 12.1. The van der Waals surface area contributed by atoms with Crippen LogP contribution in [0.1, 0.15) is 6.42 Å². The summed E-state index contributed by atoms with van der Waals surface area (Å²) < 4.78 is 12.1. The molecule has 1 aromatic heterocycles. The predicted octanol–water partition coefficient (Wildman–Crippen LogP) is 0.00210. The molecule has 2 heterocycles. The summed E-state index contributed by atoms with van der Waals surface area (Å²) in [6.07, 6.45) is 2.13. The monoisotopic (exact) mass is 239 g/mol. The molecule has 1 aliphatic rings. The topological polar surface area (TPSA) is 76.3 Å². The predicted molar refractivity (Wildman–Crippen MR) is 61.1 cm³/mol. The highest BCUT2D eigenvalue weighted by atomic mass is 32.2. The van der Waals surface area contributed by atoms with Crippen molar-refractivity contribution in [1.29, 1.82) is 0 Å². The molecule has 6 heteroatoms. The van der Waals surface area contributed by atoms with E-state index in [-0.39, 0.29) is 5.91 Å². The first-order chi connectivity index (χ1) is 7.61. The quantitative estimate of drug-likeness (QED) is 0.788. The van der Waals surface area contributed by atoms with Gasteiger partial charge in [0.2, 0.25) is 5.91 Å². The number of nitrogens with zero attached hydrogens (tertiary/aromatic N) is 2. The first-order valence-electron chi connectivity index (χ1n) is 4.97. The third-order valence-corrected chi connectivity index (χ3v) is 4.30. The SMILES string of the molecule is CN1CCC(S(=O)c2ncccc2N)C1=O. The molecule has 1 aromatic rings. The highest BCUT2D eigenvalue weighted by Gasteiger charge is 2.35. The van der Waals surface area contributed by atoms with Gasteiger partial charge >= 0.3 is 0 Å². The molecule has 0 bridgehead atoms. The van der Waals surface area contributed by atoms with E-state index < -0.39 is 16.0 Å². The fourth-order valence-electron chi connectivity index (χ4n) is 1.70.